The van der Waals surface area contributed by atoms with Crippen molar-refractivity contribution < 1.29 is 14.3 Å². The maximum Gasteiger partial charge on any atom is 0.248 e. The maximum absolute atomic E-state index is 13.7. The molecular weight excluding hydrogens is 500 g/mol. The largest absolute Gasteiger partial charge is 0.478 e. The van der Waals surface area contributed by atoms with Gasteiger partial charge in [0.05, 0.1) is 12.3 Å². The quantitative estimate of drug-likeness (QED) is 0.285. The van der Waals surface area contributed by atoms with Gasteiger partial charge in [0.2, 0.25) is 11.8 Å². The van der Waals surface area contributed by atoms with Crippen LogP contribution in [0.2, 0.25) is 5.02 Å². The highest BCUT2D eigenvalue weighted by Gasteiger charge is 2.53. The normalized spacial score (nSPS) is 23.1. The van der Waals surface area contributed by atoms with Crippen LogP contribution in [0.3, 0.4) is 0 Å². The molecule has 1 aliphatic heterocycles. The van der Waals surface area contributed by atoms with Crippen molar-refractivity contribution in [2.75, 3.05) is 6.61 Å². The number of aromatic nitrogens is 1. The SMILES string of the molecule is O=C1CC(c2ccsc2)(c2cccc(OCCC3CCCC3)n2)N(S)C(=O)C1c1ccccc1Cl. The van der Waals surface area contributed by atoms with Crippen molar-refractivity contribution in [1.29, 1.82) is 0 Å². The van der Waals surface area contributed by atoms with Crippen molar-refractivity contribution in [3.8, 4) is 5.88 Å². The van der Waals surface area contributed by atoms with Crippen molar-refractivity contribution >= 4 is 47.4 Å². The molecule has 1 saturated carbocycles. The lowest BCUT2D eigenvalue weighted by atomic mass is 9.75. The van der Waals surface area contributed by atoms with Crippen molar-refractivity contribution in [3.63, 3.8) is 0 Å². The van der Waals surface area contributed by atoms with Gasteiger partial charge < -0.3 is 4.74 Å². The molecule has 5 nitrogen and oxygen atoms in total. The molecule has 1 saturated heterocycles. The van der Waals surface area contributed by atoms with Crippen molar-refractivity contribution in [2.24, 2.45) is 5.92 Å². The van der Waals surface area contributed by atoms with E-state index in [1.807, 2.05) is 35.0 Å². The Bertz CT molecular complexity index is 1210. The second-order valence-corrected chi connectivity index (χ2v) is 10.9. The van der Waals surface area contributed by atoms with E-state index in [1.165, 1.54) is 41.3 Å². The average molecular weight is 527 g/mol. The molecule has 2 atom stereocenters. The van der Waals surface area contributed by atoms with Gasteiger partial charge in [-0.1, -0.05) is 74.4 Å². The third-order valence-electron chi connectivity index (χ3n) is 7.18. The van der Waals surface area contributed by atoms with Crippen molar-refractivity contribution in [3.05, 3.63) is 81.1 Å². The Balaban J connectivity index is 1.48. The molecule has 3 aromatic rings. The van der Waals surface area contributed by atoms with Crippen LogP contribution >= 0.6 is 35.8 Å². The van der Waals surface area contributed by atoms with Gasteiger partial charge in [0.25, 0.3) is 0 Å². The van der Waals surface area contributed by atoms with Gasteiger partial charge in [0.15, 0.2) is 5.78 Å². The molecule has 2 aliphatic rings. The van der Waals surface area contributed by atoms with Crippen LogP contribution in [0, 0.1) is 5.92 Å². The second-order valence-electron chi connectivity index (χ2n) is 9.27. The Hall–Kier alpha value is -2.35. The number of hydrogen-bond acceptors (Lipinski definition) is 6. The van der Waals surface area contributed by atoms with Gasteiger partial charge in [0.1, 0.15) is 11.5 Å². The summed E-state index contributed by atoms with van der Waals surface area (Å²) in [4.78, 5) is 32.1. The third-order valence-corrected chi connectivity index (χ3v) is 8.75. The second kappa shape index (κ2) is 10.3. The highest BCUT2D eigenvalue weighted by Crippen LogP contribution is 2.48. The van der Waals surface area contributed by atoms with Crippen molar-refractivity contribution in [2.45, 2.75) is 50.0 Å². The zero-order valence-corrected chi connectivity index (χ0v) is 21.7. The first-order chi connectivity index (χ1) is 17.0. The standard InChI is InChI=1S/C27H27ClN2O3S2/c28-21-9-4-3-8-20(21)25-22(31)16-27(30(34)26(25)32,19-13-15-35-17-19)23-10-5-11-24(29-23)33-14-12-18-6-1-2-7-18/h3-5,8-11,13,15,17-18,25,34H,1-2,6-7,12,14,16H2. The molecule has 0 N–H and O–H groups in total. The lowest BCUT2D eigenvalue weighted by molar-refractivity contribution is -0.142. The third kappa shape index (κ3) is 4.61. The first kappa shape index (κ1) is 24.3. The minimum absolute atomic E-state index is 0.0351. The van der Waals surface area contributed by atoms with E-state index in [1.54, 1.807) is 24.3 Å². The van der Waals surface area contributed by atoms with Gasteiger partial charge in [0, 0.05) is 17.5 Å². The van der Waals surface area contributed by atoms with E-state index in [9.17, 15) is 9.59 Å². The summed E-state index contributed by atoms with van der Waals surface area (Å²) in [5, 5.41) is 4.25. The molecule has 1 aromatic carbocycles. The summed E-state index contributed by atoms with van der Waals surface area (Å²) in [6, 6.07) is 14.4. The summed E-state index contributed by atoms with van der Waals surface area (Å²) in [6.07, 6.45) is 6.18. The molecule has 2 unspecified atom stereocenters. The molecule has 2 fully saturated rings. The Kier molecular flexibility index (Phi) is 7.19. The minimum atomic E-state index is -1.14. The Morgan fingerprint density at radius 1 is 1.11 bits per heavy atom. The monoisotopic (exact) mass is 526 g/mol. The Morgan fingerprint density at radius 2 is 1.91 bits per heavy atom. The highest BCUT2D eigenvalue weighted by molar-refractivity contribution is 7.78. The topological polar surface area (TPSA) is 59.5 Å². The van der Waals surface area contributed by atoms with Crippen LogP contribution in [0.1, 0.15) is 61.3 Å². The summed E-state index contributed by atoms with van der Waals surface area (Å²) < 4.78 is 7.39. The number of carbonyl (C=O) groups excluding carboxylic acids is 2. The number of pyridine rings is 1. The average Bonchev–Trinajstić information content (AvgIpc) is 3.58. The smallest absolute Gasteiger partial charge is 0.248 e. The van der Waals surface area contributed by atoms with E-state index < -0.39 is 17.4 Å². The first-order valence-electron chi connectivity index (χ1n) is 11.9. The van der Waals surface area contributed by atoms with Crippen LogP contribution in [-0.4, -0.2) is 27.6 Å². The van der Waals surface area contributed by atoms with Crippen LogP contribution < -0.4 is 4.74 Å². The molecular formula is C27H27ClN2O3S2. The number of halogens is 1. The summed E-state index contributed by atoms with van der Waals surface area (Å²) in [6.45, 7) is 0.601. The number of piperidine rings is 1. The number of thiophene rings is 1. The molecule has 35 heavy (non-hydrogen) atoms. The van der Waals surface area contributed by atoms with E-state index in [4.69, 9.17) is 34.1 Å². The molecule has 182 valence electrons. The number of amides is 1. The predicted octanol–water partition coefficient (Wildman–Crippen LogP) is 6.43. The number of nitrogens with zero attached hydrogens (tertiary/aromatic N) is 2. The highest BCUT2D eigenvalue weighted by atomic mass is 35.5. The maximum atomic E-state index is 13.7. The number of ether oxygens (including phenoxy) is 1. The number of ketones is 1. The fraction of sp³-hybridized carbons (Fsp3) is 0.370. The fourth-order valence-corrected chi connectivity index (χ4v) is 6.69. The molecule has 2 aromatic heterocycles. The van der Waals surface area contributed by atoms with E-state index in [2.05, 4.69) is 0 Å². The minimum Gasteiger partial charge on any atom is -0.478 e. The van der Waals surface area contributed by atoms with Gasteiger partial charge in [-0.15, -0.1) is 0 Å². The van der Waals surface area contributed by atoms with Crippen molar-refractivity contribution in [1.82, 2.24) is 9.29 Å². The van der Waals surface area contributed by atoms with Crippen LogP contribution in [0.4, 0.5) is 0 Å². The van der Waals surface area contributed by atoms with Crippen LogP contribution in [0.5, 0.6) is 5.88 Å². The summed E-state index contributed by atoms with van der Waals surface area (Å²) >= 11 is 12.6. The zero-order valence-electron chi connectivity index (χ0n) is 19.2. The molecule has 1 aliphatic carbocycles. The van der Waals surface area contributed by atoms with E-state index >= 15 is 0 Å². The number of benzene rings is 1. The fourth-order valence-electron chi connectivity index (χ4n) is 5.32. The Labute approximate surface area is 220 Å². The molecule has 0 radical (unpaired) electrons. The summed E-state index contributed by atoms with van der Waals surface area (Å²) in [7, 11) is 0. The van der Waals surface area contributed by atoms with E-state index in [0.29, 0.717) is 28.8 Å². The van der Waals surface area contributed by atoms with E-state index in [0.717, 1.165) is 17.9 Å². The van der Waals surface area contributed by atoms with Gasteiger partial charge in [-0.05, 0) is 52.4 Å². The molecule has 5 rings (SSSR count). The number of thiol groups is 1. The van der Waals surface area contributed by atoms with Gasteiger partial charge >= 0.3 is 0 Å². The van der Waals surface area contributed by atoms with E-state index in [-0.39, 0.29) is 12.2 Å². The zero-order chi connectivity index (χ0) is 24.4. The van der Waals surface area contributed by atoms with Gasteiger partial charge in [-0.2, -0.15) is 11.3 Å². The van der Waals surface area contributed by atoms with Gasteiger partial charge in [-0.25, -0.2) is 4.98 Å². The number of Topliss-reactive ketones (excluding diaryl/α,β-unsaturated/α-hetero) is 1. The predicted molar refractivity (Wildman–Crippen MR) is 141 cm³/mol. The first-order valence-corrected chi connectivity index (χ1v) is 13.7. The molecule has 8 heteroatoms. The van der Waals surface area contributed by atoms with Crippen LogP contribution in [0.15, 0.2) is 59.3 Å². The van der Waals surface area contributed by atoms with Crippen LogP contribution in [0.25, 0.3) is 0 Å². The molecule has 3 heterocycles. The van der Waals surface area contributed by atoms with Gasteiger partial charge in [-0.3, -0.25) is 13.9 Å². The Morgan fingerprint density at radius 3 is 2.66 bits per heavy atom. The molecule has 1 amide bonds. The number of rotatable bonds is 7. The summed E-state index contributed by atoms with van der Waals surface area (Å²) in [5.74, 6) is -0.422. The number of carbonyl (C=O) groups is 2. The lowest BCUT2D eigenvalue weighted by Crippen LogP contribution is -2.54. The van der Waals surface area contributed by atoms with Crippen LogP contribution in [-0.2, 0) is 15.1 Å². The molecule has 0 spiro atoms. The molecule has 0 bridgehead atoms. The summed E-state index contributed by atoms with van der Waals surface area (Å²) in [5.41, 5.74) is 0.718. The lowest BCUT2D eigenvalue weighted by Gasteiger charge is -2.45. The number of hydrogen-bond donors (Lipinski definition) is 1.